The first kappa shape index (κ1) is 15.2. The first-order valence-electron chi connectivity index (χ1n) is 8.93. The Morgan fingerprint density at radius 1 is 1.18 bits per heavy atom. The van der Waals surface area contributed by atoms with E-state index in [9.17, 15) is 4.79 Å². The van der Waals surface area contributed by atoms with Crippen LogP contribution in [0.25, 0.3) is 0 Å². The number of fused-ring (bicyclic) bond motifs is 5. The van der Waals surface area contributed by atoms with Gasteiger partial charge >= 0.3 is 0 Å². The minimum atomic E-state index is 0.0628. The van der Waals surface area contributed by atoms with Gasteiger partial charge in [-0.15, -0.1) is 0 Å². The molecule has 0 amide bonds. The first-order chi connectivity index (χ1) is 10.5. The Bertz CT molecular complexity index is 528. The fraction of sp³-hybridized carbons (Fsp3) is 0.842. The van der Waals surface area contributed by atoms with Gasteiger partial charge in [-0.1, -0.05) is 25.4 Å². The van der Waals surface area contributed by atoms with Gasteiger partial charge in [0.1, 0.15) is 6.29 Å². The normalized spacial score (nSPS) is 51.0. The molecule has 22 heavy (non-hydrogen) atoms. The van der Waals surface area contributed by atoms with Gasteiger partial charge in [-0.2, -0.15) is 0 Å². The van der Waals surface area contributed by atoms with Gasteiger partial charge in [0.25, 0.3) is 0 Å². The number of allylic oxidation sites excluding steroid dienone is 2. The van der Waals surface area contributed by atoms with Crippen molar-refractivity contribution < 1.29 is 9.53 Å². The van der Waals surface area contributed by atoms with Crippen molar-refractivity contribution in [2.24, 2.45) is 34.5 Å². The molecule has 3 fully saturated rings. The van der Waals surface area contributed by atoms with Gasteiger partial charge in [0, 0.05) is 29.2 Å². The lowest BCUT2D eigenvalue weighted by atomic mass is 9.47. The molecule has 2 nitrogen and oxygen atoms in total. The second-order valence-electron chi connectivity index (χ2n) is 8.60. The fourth-order valence-electron chi connectivity index (χ4n) is 6.48. The van der Waals surface area contributed by atoms with Crippen LogP contribution in [-0.4, -0.2) is 19.5 Å². The largest absolute Gasteiger partial charge is 0.381 e. The Labute approximate surface area is 138 Å². The second kappa shape index (κ2) is 5.08. The number of carbonyl (C=O) groups is 1. The van der Waals surface area contributed by atoms with Crippen LogP contribution in [-0.2, 0) is 9.53 Å². The molecule has 6 atom stereocenters. The maximum absolute atomic E-state index is 11.4. The van der Waals surface area contributed by atoms with Crippen LogP contribution in [0.2, 0.25) is 0 Å². The number of aldehydes is 1. The summed E-state index contributed by atoms with van der Waals surface area (Å²) >= 11 is 6.62. The van der Waals surface area contributed by atoms with Gasteiger partial charge in [0.2, 0.25) is 0 Å². The highest BCUT2D eigenvalue weighted by Gasteiger charge is 2.59. The van der Waals surface area contributed by atoms with E-state index >= 15 is 0 Å². The molecule has 0 aromatic carbocycles. The van der Waals surface area contributed by atoms with Gasteiger partial charge in [-0.3, -0.25) is 4.79 Å². The van der Waals surface area contributed by atoms with Crippen molar-refractivity contribution in [3.8, 4) is 0 Å². The highest BCUT2D eigenvalue weighted by Crippen LogP contribution is 2.66. The van der Waals surface area contributed by atoms with Crippen LogP contribution in [0.3, 0.4) is 0 Å². The molecule has 0 aromatic heterocycles. The summed E-state index contributed by atoms with van der Waals surface area (Å²) in [6.07, 6.45) is 8.15. The van der Waals surface area contributed by atoms with Crippen molar-refractivity contribution in [3.05, 3.63) is 10.6 Å². The van der Waals surface area contributed by atoms with Crippen molar-refractivity contribution in [3.63, 3.8) is 0 Å². The molecule has 1 aliphatic heterocycles. The molecule has 3 heteroatoms. The van der Waals surface area contributed by atoms with E-state index in [4.69, 9.17) is 16.3 Å². The van der Waals surface area contributed by atoms with Gasteiger partial charge in [0.05, 0.1) is 0 Å². The quantitative estimate of drug-likeness (QED) is 0.661. The third kappa shape index (κ3) is 1.86. The zero-order chi connectivity index (χ0) is 15.5. The summed E-state index contributed by atoms with van der Waals surface area (Å²) in [5.74, 6) is 2.86. The van der Waals surface area contributed by atoms with Crippen molar-refractivity contribution in [2.45, 2.75) is 52.4 Å². The number of rotatable bonds is 1. The highest BCUT2D eigenvalue weighted by molar-refractivity contribution is 6.32. The van der Waals surface area contributed by atoms with E-state index in [0.717, 1.165) is 60.7 Å². The summed E-state index contributed by atoms with van der Waals surface area (Å²) < 4.78 is 5.77. The smallest absolute Gasteiger partial charge is 0.147 e. The average Bonchev–Trinajstić information content (AvgIpc) is 2.78. The summed E-state index contributed by atoms with van der Waals surface area (Å²) in [5.41, 5.74) is 1.39. The van der Waals surface area contributed by atoms with Gasteiger partial charge in [-0.05, 0) is 67.6 Å². The molecule has 2 saturated carbocycles. The van der Waals surface area contributed by atoms with E-state index in [1.54, 1.807) is 0 Å². The molecule has 4 aliphatic rings. The molecule has 0 radical (unpaired) electrons. The molecule has 0 bridgehead atoms. The van der Waals surface area contributed by atoms with E-state index in [-0.39, 0.29) is 5.41 Å². The molecular formula is C19H27ClO2. The SMILES string of the molecule is CC12CCC3C(CCC4COCCC43C)C1CC(C=O)=C2Cl. The Hall–Kier alpha value is -0.340. The molecule has 0 N–H and O–H groups in total. The summed E-state index contributed by atoms with van der Waals surface area (Å²) in [6.45, 7) is 6.71. The van der Waals surface area contributed by atoms with E-state index in [2.05, 4.69) is 13.8 Å². The lowest BCUT2D eigenvalue weighted by molar-refractivity contribution is -0.140. The van der Waals surface area contributed by atoms with Gasteiger partial charge in [-0.25, -0.2) is 0 Å². The molecule has 1 heterocycles. The van der Waals surface area contributed by atoms with Crippen molar-refractivity contribution in [1.29, 1.82) is 0 Å². The standard InChI is InChI=1S/C19H27ClO2/c1-18-7-8-22-11-13(18)3-4-14-15(18)5-6-19(2)16(14)9-12(10-21)17(19)20/h10,13-16H,3-9,11H2,1-2H3. The number of halogens is 1. The summed E-state index contributed by atoms with van der Waals surface area (Å²) in [4.78, 5) is 11.4. The molecule has 0 aromatic rings. The Kier molecular flexibility index (Phi) is 3.51. The predicted octanol–water partition coefficient (Wildman–Crippen LogP) is 4.57. The molecule has 4 rings (SSSR count). The Balaban J connectivity index is 1.67. The van der Waals surface area contributed by atoms with E-state index in [0.29, 0.717) is 11.3 Å². The van der Waals surface area contributed by atoms with E-state index < -0.39 is 0 Å². The molecule has 0 spiro atoms. The van der Waals surface area contributed by atoms with Gasteiger partial charge < -0.3 is 4.74 Å². The summed E-state index contributed by atoms with van der Waals surface area (Å²) in [7, 11) is 0. The van der Waals surface area contributed by atoms with Crippen LogP contribution in [0.1, 0.15) is 52.4 Å². The van der Waals surface area contributed by atoms with Crippen LogP contribution in [0.4, 0.5) is 0 Å². The monoisotopic (exact) mass is 322 g/mol. The van der Waals surface area contributed by atoms with Crippen LogP contribution in [0.15, 0.2) is 10.6 Å². The van der Waals surface area contributed by atoms with Crippen LogP contribution >= 0.6 is 11.6 Å². The Morgan fingerprint density at radius 3 is 2.77 bits per heavy atom. The lowest BCUT2D eigenvalue weighted by Gasteiger charge is -2.59. The molecule has 122 valence electrons. The lowest BCUT2D eigenvalue weighted by Crippen LogP contribution is -2.54. The predicted molar refractivity (Wildman–Crippen MR) is 87.6 cm³/mol. The van der Waals surface area contributed by atoms with E-state index in [1.165, 1.54) is 25.7 Å². The van der Waals surface area contributed by atoms with Crippen molar-refractivity contribution in [1.82, 2.24) is 0 Å². The molecular weight excluding hydrogens is 296 g/mol. The average molecular weight is 323 g/mol. The Morgan fingerprint density at radius 2 is 2.00 bits per heavy atom. The minimum Gasteiger partial charge on any atom is -0.381 e. The van der Waals surface area contributed by atoms with Crippen LogP contribution in [0, 0.1) is 34.5 Å². The maximum atomic E-state index is 11.4. The molecule has 1 saturated heterocycles. The number of hydrogen-bond donors (Lipinski definition) is 0. The second-order valence-corrected chi connectivity index (χ2v) is 8.98. The third-order valence-electron chi connectivity index (χ3n) is 7.92. The maximum Gasteiger partial charge on any atom is 0.147 e. The molecule has 3 aliphatic carbocycles. The fourth-order valence-corrected chi connectivity index (χ4v) is 6.83. The van der Waals surface area contributed by atoms with Crippen molar-refractivity contribution in [2.75, 3.05) is 13.2 Å². The zero-order valence-electron chi connectivity index (χ0n) is 13.7. The topological polar surface area (TPSA) is 26.3 Å². The van der Waals surface area contributed by atoms with Crippen LogP contribution < -0.4 is 0 Å². The van der Waals surface area contributed by atoms with Crippen LogP contribution in [0.5, 0.6) is 0 Å². The number of ether oxygens (including phenoxy) is 1. The minimum absolute atomic E-state index is 0.0628. The zero-order valence-corrected chi connectivity index (χ0v) is 14.5. The first-order valence-corrected chi connectivity index (χ1v) is 9.30. The summed E-state index contributed by atoms with van der Waals surface area (Å²) in [6, 6.07) is 0. The number of carbonyl (C=O) groups excluding carboxylic acids is 1. The third-order valence-corrected chi connectivity index (χ3v) is 8.60. The van der Waals surface area contributed by atoms with E-state index in [1.807, 2.05) is 0 Å². The summed E-state index contributed by atoms with van der Waals surface area (Å²) in [5, 5.41) is 0.880. The van der Waals surface area contributed by atoms with Crippen molar-refractivity contribution >= 4 is 17.9 Å². The highest BCUT2D eigenvalue weighted by atomic mass is 35.5. The van der Waals surface area contributed by atoms with Gasteiger partial charge in [0.15, 0.2) is 0 Å². The number of hydrogen-bond acceptors (Lipinski definition) is 2. The molecule has 6 unspecified atom stereocenters.